The zero-order chi connectivity index (χ0) is 15.4. The zero-order valence-corrected chi connectivity index (χ0v) is 12.9. The Morgan fingerprint density at radius 3 is 2.71 bits per heavy atom. The van der Waals surface area contributed by atoms with Gasteiger partial charge in [-0.2, -0.15) is 4.98 Å². The van der Waals surface area contributed by atoms with Crippen LogP contribution in [0.25, 0.3) is 0 Å². The third-order valence-corrected chi connectivity index (χ3v) is 3.41. The van der Waals surface area contributed by atoms with E-state index in [4.69, 9.17) is 10.5 Å². The number of hydrogen-bond acceptors (Lipinski definition) is 6. The molecule has 7 heteroatoms. The minimum Gasteiger partial charge on any atom is -0.473 e. The normalized spacial score (nSPS) is 16.0. The molecule has 1 amide bonds. The summed E-state index contributed by atoms with van der Waals surface area (Å²) in [5.74, 6) is 1.21. The van der Waals surface area contributed by atoms with Gasteiger partial charge in [-0.1, -0.05) is 0 Å². The smallest absolute Gasteiger partial charge is 0.242 e. The molecule has 2 heterocycles. The summed E-state index contributed by atoms with van der Waals surface area (Å²) in [6.45, 7) is 8.43. The first-order chi connectivity index (χ1) is 9.99. The molecule has 1 aromatic heterocycles. The van der Waals surface area contributed by atoms with E-state index in [9.17, 15) is 4.79 Å². The van der Waals surface area contributed by atoms with Gasteiger partial charge in [0.25, 0.3) is 0 Å². The molecule has 0 unspecified atom stereocenters. The minimum atomic E-state index is 0.00684. The van der Waals surface area contributed by atoms with Crippen molar-refractivity contribution in [3.63, 3.8) is 0 Å². The van der Waals surface area contributed by atoms with Crippen molar-refractivity contribution < 1.29 is 9.53 Å². The molecule has 1 aromatic rings. The number of amides is 1. The number of carbonyl (C=O) groups excluding carboxylic acids is 1. The summed E-state index contributed by atoms with van der Waals surface area (Å²) in [4.78, 5) is 23.8. The largest absolute Gasteiger partial charge is 0.473 e. The van der Waals surface area contributed by atoms with E-state index in [2.05, 4.69) is 14.9 Å². The zero-order valence-electron chi connectivity index (χ0n) is 12.9. The van der Waals surface area contributed by atoms with E-state index in [-0.39, 0.29) is 12.0 Å². The summed E-state index contributed by atoms with van der Waals surface area (Å²) in [5, 5.41) is 0. The number of aromatic nitrogens is 2. The molecule has 0 bridgehead atoms. The summed E-state index contributed by atoms with van der Waals surface area (Å²) in [5.41, 5.74) is 6.60. The van der Waals surface area contributed by atoms with Gasteiger partial charge in [0.05, 0.1) is 6.10 Å². The summed E-state index contributed by atoms with van der Waals surface area (Å²) in [7, 11) is 0. The number of carbonyl (C=O) groups is 1. The Morgan fingerprint density at radius 1 is 1.29 bits per heavy atom. The van der Waals surface area contributed by atoms with E-state index in [1.165, 1.54) is 6.33 Å². The Morgan fingerprint density at radius 2 is 2.05 bits per heavy atom. The van der Waals surface area contributed by atoms with Gasteiger partial charge in [0, 0.05) is 33.1 Å². The molecule has 0 aliphatic carbocycles. The lowest BCUT2D eigenvalue weighted by Crippen LogP contribution is -2.34. The molecule has 0 atom stereocenters. The highest BCUT2D eigenvalue weighted by Gasteiger charge is 2.21. The maximum Gasteiger partial charge on any atom is 0.242 e. The molecule has 116 valence electrons. The molecular weight excluding hydrogens is 270 g/mol. The summed E-state index contributed by atoms with van der Waals surface area (Å²) in [6.07, 6.45) is 2.37. The fraction of sp³-hybridized carbons (Fsp3) is 0.643. The fourth-order valence-electron chi connectivity index (χ4n) is 2.38. The lowest BCUT2D eigenvalue weighted by Gasteiger charge is -2.24. The standard InChI is InChI=1S/C14H23N5O2/c1-10(2)21-14-12(15)13(16-9-17-14)19-6-4-5-18(7-8-19)11(3)20/h9-10H,4-8,15H2,1-3H3. The molecule has 1 aliphatic rings. The molecule has 0 radical (unpaired) electrons. The first kappa shape index (κ1) is 15.3. The molecule has 1 saturated heterocycles. The maximum atomic E-state index is 11.5. The van der Waals surface area contributed by atoms with Gasteiger partial charge in [-0.05, 0) is 20.3 Å². The lowest BCUT2D eigenvalue weighted by molar-refractivity contribution is -0.128. The van der Waals surface area contributed by atoms with E-state index in [1.54, 1.807) is 6.92 Å². The Bertz CT molecular complexity index is 506. The highest BCUT2D eigenvalue weighted by Crippen LogP contribution is 2.29. The number of nitrogens with zero attached hydrogens (tertiary/aromatic N) is 4. The first-order valence-electron chi connectivity index (χ1n) is 7.26. The van der Waals surface area contributed by atoms with Crippen molar-refractivity contribution in [1.29, 1.82) is 0 Å². The highest BCUT2D eigenvalue weighted by atomic mass is 16.5. The van der Waals surface area contributed by atoms with E-state index < -0.39 is 0 Å². The van der Waals surface area contributed by atoms with Crippen LogP contribution < -0.4 is 15.4 Å². The van der Waals surface area contributed by atoms with Crippen LogP contribution in [-0.2, 0) is 4.79 Å². The molecule has 1 aliphatic heterocycles. The van der Waals surface area contributed by atoms with Crippen molar-refractivity contribution in [2.45, 2.75) is 33.3 Å². The second kappa shape index (κ2) is 6.60. The molecular formula is C14H23N5O2. The van der Waals surface area contributed by atoms with Gasteiger partial charge < -0.3 is 20.3 Å². The van der Waals surface area contributed by atoms with Crippen LogP contribution in [0.3, 0.4) is 0 Å². The lowest BCUT2D eigenvalue weighted by atomic mass is 10.3. The minimum absolute atomic E-state index is 0.00684. The Balaban J connectivity index is 2.16. The number of rotatable bonds is 3. The number of hydrogen-bond donors (Lipinski definition) is 1. The third-order valence-electron chi connectivity index (χ3n) is 3.41. The molecule has 2 rings (SSSR count). The first-order valence-corrected chi connectivity index (χ1v) is 7.26. The number of ether oxygens (including phenoxy) is 1. The predicted octanol–water partition coefficient (Wildman–Crippen LogP) is 0.905. The number of anilines is 2. The average molecular weight is 293 g/mol. The van der Waals surface area contributed by atoms with Crippen LogP contribution in [0.1, 0.15) is 27.2 Å². The SMILES string of the molecule is CC(=O)N1CCCN(c2ncnc(OC(C)C)c2N)CC1. The van der Waals surface area contributed by atoms with Gasteiger partial charge in [-0.3, -0.25) is 4.79 Å². The van der Waals surface area contributed by atoms with Crippen LogP contribution in [0.15, 0.2) is 6.33 Å². The van der Waals surface area contributed by atoms with Crippen molar-refractivity contribution in [2.75, 3.05) is 36.8 Å². The Kier molecular flexibility index (Phi) is 4.82. The van der Waals surface area contributed by atoms with Crippen LogP contribution >= 0.6 is 0 Å². The number of nitrogens with two attached hydrogens (primary N) is 1. The van der Waals surface area contributed by atoms with Crippen LogP contribution in [0.2, 0.25) is 0 Å². The molecule has 0 spiro atoms. The van der Waals surface area contributed by atoms with Gasteiger partial charge in [0.1, 0.15) is 12.0 Å². The molecule has 21 heavy (non-hydrogen) atoms. The van der Waals surface area contributed by atoms with Crippen LogP contribution in [0, 0.1) is 0 Å². The van der Waals surface area contributed by atoms with Crippen molar-refractivity contribution >= 4 is 17.4 Å². The van der Waals surface area contributed by atoms with Gasteiger partial charge in [-0.15, -0.1) is 0 Å². The van der Waals surface area contributed by atoms with Gasteiger partial charge >= 0.3 is 0 Å². The second-order valence-corrected chi connectivity index (χ2v) is 5.43. The van der Waals surface area contributed by atoms with Gasteiger partial charge in [-0.25, -0.2) is 4.98 Å². The van der Waals surface area contributed by atoms with E-state index in [0.29, 0.717) is 30.5 Å². The Labute approximate surface area is 125 Å². The predicted molar refractivity (Wildman–Crippen MR) is 81.3 cm³/mol. The van der Waals surface area contributed by atoms with Gasteiger partial charge in [0.2, 0.25) is 11.8 Å². The summed E-state index contributed by atoms with van der Waals surface area (Å²) < 4.78 is 5.60. The summed E-state index contributed by atoms with van der Waals surface area (Å²) in [6, 6.07) is 0. The average Bonchev–Trinajstić information content (AvgIpc) is 2.66. The third kappa shape index (κ3) is 3.74. The van der Waals surface area contributed by atoms with Gasteiger partial charge in [0.15, 0.2) is 5.82 Å². The van der Waals surface area contributed by atoms with Crippen LogP contribution in [0.5, 0.6) is 5.88 Å². The molecule has 0 saturated carbocycles. The van der Waals surface area contributed by atoms with Crippen molar-refractivity contribution in [3.8, 4) is 5.88 Å². The highest BCUT2D eigenvalue weighted by molar-refractivity contribution is 5.73. The molecule has 1 fully saturated rings. The van der Waals surface area contributed by atoms with Crippen molar-refractivity contribution in [1.82, 2.24) is 14.9 Å². The maximum absolute atomic E-state index is 11.5. The fourth-order valence-corrected chi connectivity index (χ4v) is 2.38. The van der Waals surface area contributed by atoms with E-state index >= 15 is 0 Å². The van der Waals surface area contributed by atoms with E-state index in [0.717, 1.165) is 19.5 Å². The molecule has 2 N–H and O–H groups in total. The molecule has 0 aromatic carbocycles. The quantitative estimate of drug-likeness (QED) is 0.891. The Hall–Kier alpha value is -2.05. The number of nitrogen functional groups attached to an aromatic ring is 1. The van der Waals surface area contributed by atoms with Crippen LogP contribution in [-0.4, -0.2) is 53.1 Å². The van der Waals surface area contributed by atoms with Crippen molar-refractivity contribution in [2.24, 2.45) is 0 Å². The van der Waals surface area contributed by atoms with Crippen LogP contribution in [0.4, 0.5) is 11.5 Å². The monoisotopic (exact) mass is 293 g/mol. The van der Waals surface area contributed by atoms with Crippen molar-refractivity contribution in [3.05, 3.63) is 6.33 Å². The second-order valence-electron chi connectivity index (χ2n) is 5.43. The van der Waals surface area contributed by atoms with E-state index in [1.807, 2.05) is 18.7 Å². The summed E-state index contributed by atoms with van der Waals surface area (Å²) >= 11 is 0. The topological polar surface area (TPSA) is 84.6 Å². The molecule has 7 nitrogen and oxygen atoms in total.